The zero-order valence-corrected chi connectivity index (χ0v) is 9.97. The summed E-state index contributed by atoms with van der Waals surface area (Å²) < 4.78 is 0. The molecule has 1 aliphatic carbocycles. The van der Waals surface area contributed by atoms with Crippen molar-refractivity contribution in [2.45, 2.75) is 31.0 Å². The van der Waals surface area contributed by atoms with E-state index in [4.69, 9.17) is 0 Å². The van der Waals surface area contributed by atoms with Gasteiger partial charge >= 0.3 is 0 Å². The first kappa shape index (κ1) is 9.91. The fourth-order valence-corrected chi connectivity index (χ4v) is 2.43. The Morgan fingerprint density at radius 2 is 2.14 bits per heavy atom. The smallest absolute Gasteiger partial charge is 0.177 e. The first-order valence-electron chi connectivity index (χ1n) is 4.90. The number of Topliss-reactive ketones (excluding diaryl/α,β-unsaturated/α-hetero) is 1. The highest BCUT2D eigenvalue weighted by Gasteiger charge is 2.28. The summed E-state index contributed by atoms with van der Waals surface area (Å²) >= 11 is 3.40. The van der Waals surface area contributed by atoms with Gasteiger partial charge in [-0.1, -0.05) is 48.0 Å². The lowest BCUT2D eigenvalue weighted by Crippen LogP contribution is -2.05. The van der Waals surface area contributed by atoms with E-state index in [1.54, 1.807) is 0 Å². The molecule has 2 heteroatoms. The summed E-state index contributed by atoms with van der Waals surface area (Å²) in [5, 5.41) is 0. The van der Waals surface area contributed by atoms with Gasteiger partial charge in [0.25, 0.3) is 0 Å². The maximum Gasteiger partial charge on any atom is 0.177 e. The number of rotatable bonds is 1. The highest BCUT2D eigenvalue weighted by Crippen LogP contribution is 2.29. The molecule has 0 fully saturated rings. The number of hydrogen-bond donors (Lipinski definition) is 0. The highest BCUT2D eigenvalue weighted by molar-refractivity contribution is 9.10. The monoisotopic (exact) mass is 252 g/mol. The summed E-state index contributed by atoms with van der Waals surface area (Å²) in [5.74, 6) is 0.764. The molecule has 74 valence electrons. The molecule has 1 aromatic rings. The first-order chi connectivity index (χ1) is 6.59. The molecule has 1 nitrogen and oxygen atoms in total. The van der Waals surface area contributed by atoms with E-state index in [1.165, 1.54) is 11.1 Å². The standard InChI is InChI=1S/C12H13BrO/c1-7(2)8-3-4-10-9(5-8)6-11(13)12(10)14/h3-5,7,11H,6H2,1-2H3. The largest absolute Gasteiger partial charge is 0.293 e. The Labute approximate surface area is 92.6 Å². The number of fused-ring (bicyclic) bond motifs is 1. The Hall–Kier alpha value is -0.630. The van der Waals surface area contributed by atoms with Gasteiger partial charge < -0.3 is 0 Å². The quantitative estimate of drug-likeness (QED) is 0.702. The van der Waals surface area contributed by atoms with Crippen molar-refractivity contribution in [1.29, 1.82) is 0 Å². The lowest BCUT2D eigenvalue weighted by molar-refractivity contribution is 0.100. The molecule has 0 spiro atoms. The van der Waals surface area contributed by atoms with Crippen molar-refractivity contribution in [2.75, 3.05) is 0 Å². The van der Waals surface area contributed by atoms with E-state index in [9.17, 15) is 4.79 Å². The normalized spacial score (nSPS) is 20.3. The second kappa shape index (κ2) is 3.50. The summed E-state index contributed by atoms with van der Waals surface area (Å²) in [6.45, 7) is 4.34. The second-order valence-electron chi connectivity index (χ2n) is 4.11. The second-order valence-corrected chi connectivity index (χ2v) is 5.21. The predicted molar refractivity (Wildman–Crippen MR) is 61.3 cm³/mol. The average Bonchev–Trinajstić information content (AvgIpc) is 2.42. The summed E-state index contributed by atoms with van der Waals surface area (Å²) in [6, 6.07) is 6.19. The van der Waals surface area contributed by atoms with Crippen LogP contribution in [0.3, 0.4) is 0 Å². The van der Waals surface area contributed by atoms with Crippen LogP contribution < -0.4 is 0 Å². The van der Waals surface area contributed by atoms with Crippen molar-refractivity contribution in [3.05, 3.63) is 34.9 Å². The molecule has 0 N–H and O–H groups in total. The van der Waals surface area contributed by atoms with Crippen molar-refractivity contribution in [3.8, 4) is 0 Å². The van der Waals surface area contributed by atoms with E-state index >= 15 is 0 Å². The molecule has 1 atom stereocenters. The van der Waals surface area contributed by atoms with Crippen LogP contribution in [0.1, 0.15) is 41.3 Å². The molecule has 1 aliphatic rings. The van der Waals surface area contributed by atoms with Gasteiger partial charge in [0, 0.05) is 5.56 Å². The number of carbonyl (C=O) groups is 1. The first-order valence-corrected chi connectivity index (χ1v) is 5.82. The van der Waals surface area contributed by atoms with Crippen LogP contribution in [-0.4, -0.2) is 10.6 Å². The fraction of sp³-hybridized carbons (Fsp3) is 0.417. The molecule has 0 radical (unpaired) electrons. The summed E-state index contributed by atoms with van der Waals surface area (Å²) in [5.41, 5.74) is 3.41. The van der Waals surface area contributed by atoms with E-state index in [0.29, 0.717) is 5.92 Å². The molecule has 0 bridgehead atoms. The van der Waals surface area contributed by atoms with Gasteiger partial charge in [0.2, 0.25) is 0 Å². The molecule has 1 aromatic carbocycles. The molecule has 0 amide bonds. The SMILES string of the molecule is CC(C)c1ccc2c(c1)CC(Br)C2=O. The third-order valence-electron chi connectivity index (χ3n) is 2.75. The van der Waals surface area contributed by atoms with Crippen LogP contribution >= 0.6 is 15.9 Å². The summed E-state index contributed by atoms with van der Waals surface area (Å²) in [6.07, 6.45) is 0.842. The predicted octanol–water partition coefficient (Wildman–Crippen LogP) is 3.31. The number of ketones is 1. The van der Waals surface area contributed by atoms with Crippen LogP contribution in [0.25, 0.3) is 0 Å². The molecule has 1 unspecified atom stereocenters. The summed E-state index contributed by atoms with van der Waals surface area (Å²) in [4.78, 5) is 11.6. The number of hydrogen-bond acceptors (Lipinski definition) is 1. The number of halogens is 1. The maximum absolute atomic E-state index is 11.6. The van der Waals surface area contributed by atoms with E-state index in [0.717, 1.165) is 12.0 Å². The highest BCUT2D eigenvalue weighted by atomic mass is 79.9. The minimum atomic E-state index is -0.0000813. The van der Waals surface area contributed by atoms with E-state index < -0.39 is 0 Å². The van der Waals surface area contributed by atoms with Gasteiger partial charge in [-0.2, -0.15) is 0 Å². The van der Waals surface area contributed by atoms with E-state index in [-0.39, 0.29) is 10.6 Å². The van der Waals surface area contributed by atoms with Crippen LogP contribution in [0, 0.1) is 0 Å². The Morgan fingerprint density at radius 3 is 2.79 bits per heavy atom. The van der Waals surface area contributed by atoms with Crippen molar-refractivity contribution in [1.82, 2.24) is 0 Å². The number of benzene rings is 1. The molecule has 0 heterocycles. The Kier molecular flexibility index (Phi) is 2.48. The van der Waals surface area contributed by atoms with Gasteiger partial charge in [-0.15, -0.1) is 0 Å². The van der Waals surface area contributed by atoms with Crippen LogP contribution in [0.4, 0.5) is 0 Å². The lowest BCUT2D eigenvalue weighted by Gasteiger charge is -2.06. The van der Waals surface area contributed by atoms with Gasteiger partial charge in [-0.25, -0.2) is 0 Å². The van der Waals surface area contributed by atoms with Gasteiger partial charge in [0.1, 0.15) is 0 Å². The maximum atomic E-state index is 11.6. The fourth-order valence-electron chi connectivity index (χ4n) is 1.84. The zero-order chi connectivity index (χ0) is 10.3. The van der Waals surface area contributed by atoms with Crippen LogP contribution in [0.2, 0.25) is 0 Å². The van der Waals surface area contributed by atoms with E-state index in [1.807, 2.05) is 6.07 Å². The Bertz CT molecular complexity index is 382. The Balaban J connectivity index is 2.44. The molecule has 0 saturated carbocycles. The molecular formula is C12H13BrO. The van der Waals surface area contributed by atoms with Crippen LogP contribution in [0.5, 0.6) is 0 Å². The zero-order valence-electron chi connectivity index (χ0n) is 8.38. The average molecular weight is 253 g/mol. The van der Waals surface area contributed by atoms with Gasteiger partial charge in [0.05, 0.1) is 4.83 Å². The minimum Gasteiger partial charge on any atom is -0.293 e. The molecule has 14 heavy (non-hydrogen) atoms. The Morgan fingerprint density at radius 1 is 1.43 bits per heavy atom. The topological polar surface area (TPSA) is 17.1 Å². The van der Waals surface area contributed by atoms with Crippen molar-refractivity contribution in [3.63, 3.8) is 0 Å². The van der Waals surface area contributed by atoms with Crippen LogP contribution in [-0.2, 0) is 6.42 Å². The third kappa shape index (κ3) is 1.52. The molecule has 0 aromatic heterocycles. The van der Waals surface area contributed by atoms with Gasteiger partial charge in [-0.3, -0.25) is 4.79 Å². The van der Waals surface area contributed by atoms with Gasteiger partial charge in [0.15, 0.2) is 5.78 Å². The van der Waals surface area contributed by atoms with Crippen LogP contribution in [0.15, 0.2) is 18.2 Å². The van der Waals surface area contributed by atoms with Crippen molar-refractivity contribution < 1.29 is 4.79 Å². The van der Waals surface area contributed by atoms with E-state index in [2.05, 4.69) is 41.9 Å². The number of alkyl halides is 1. The minimum absolute atomic E-state index is 0.0000813. The lowest BCUT2D eigenvalue weighted by atomic mass is 9.98. The van der Waals surface area contributed by atoms with Gasteiger partial charge in [-0.05, 0) is 23.5 Å². The van der Waals surface area contributed by atoms with Crippen molar-refractivity contribution in [2.24, 2.45) is 0 Å². The molecular weight excluding hydrogens is 240 g/mol. The summed E-state index contributed by atoms with van der Waals surface area (Å²) in [7, 11) is 0. The molecule has 0 saturated heterocycles. The number of carbonyl (C=O) groups excluding carboxylic acids is 1. The molecule has 0 aliphatic heterocycles. The molecule has 2 rings (SSSR count). The van der Waals surface area contributed by atoms with Crippen molar-refractivity contribution >= 4 is 21.7 Å². The third-order valence-corrected chi connectivity index (χ3v) is 3.48.